The van der Waals surface area contributed by atoms with Gasteiger partial charge in [-0.3, -0.25) is 19.6 Å². The molecule has 2 N–H and O–H groups in total. The minimum Gasteiger partial charge on any atom is -0.480 e. The Hall–Kier alpha value is -2.45. The first-order chi connectivity index (χ1) is 10.3. The number of nitro groups is 1. The van der Waals surface area contributed by atoms with E-state index in [4.69, 9.17) is 5.11 Å². The Bertz CT molecular complexity index is 620. The number of carboxylic acids is 1. The van der Waals surface area contributed by atoms with E-state index in [2.05, 4.69) is 10.4 Å². The highest BCUT2D eigenvalue weighted by Crippen LogP contribution is 2.32. The summed E-state index contributed by atoms with van der Waals surface area (Å²) in [7, 11) is 0. The maximum Gasteiger partial charge on any atom is 0.326 e. The van der Waals surface area contributed by atoms with Crippen molar-refractivity contribution in [2.75, 3.05) is 0 Å². The van der Waals surface area contributed by atoms with Crippen molar-refractivity contribution < 1.29 is 19.6 Å². The Morgan fingerprint density at radius 1 is 1.50 bits per heavy atom. The molecular weight excluding hydrogens is 292 g/mol. The number of nitrogens with one attached hydrogen (secondary N) is 1. The molecule has 0 radical (unpaired) electrons. The summed E-state index contributed by atoms with van der Waals surface area (Å²) in [6, 6.07) is -0.845. The number of hydrogen-bond acceptors (Lipinski definition) is 5. The van der Waals surface area contributed by atoms with Crippen molar-refractivity contribution in [2.24, 2.45) is 5.92 Å². The molecule has 2 rings (SSSR count). The molecule has 0 saturated heterocycles. The van der Waals surface area contributed by atoms with Crippen LogP contribution in [0.3, 0.4) is 0 Å². The lowest BCUT2D eigenvalue weighted by molar-refractivity contribution is -0.386. The normalized spacial score (nSPS) is 15.4. The zero-order chi connectivity index (χ0) is 16.4. The number of carboxylic acid groups (broad SMARTS) is 1. The molecule has 1 heterocycles. The summed E-state index contributed by atoms with van der Waals surface area (Å²) in [5.41, 5.74) is 0.623. The summed E-state index contributed by atoms with van der Waals surface area (Å²) >= 11 is 0. The largest absolute Gasteiger partial charge is 0.480 e. The number of aromatic nitrogens is 2. The third-order valence-electron chi connectivity index (χ3n) is 3.75. The second-order valence-corrected chi connectivity index (χ2v) is 5.47. The van der Waals surface area contributed by atoms with Gasteiger partial charge in [-0.15, -0.1) is 0 Å². The van der Waals surface area contributed by atoms with Crippen LogP contribution in [0.5, 0.6) is 0 Å². The number of nitrogens with zero attached hydrogens (tertiary/aromatic N) is 3. The monoisotopic (exact) mass is 310 g/mol. The minimum atomic E-state index is -1.03. The van der Waals surface area contributed by atoms with Crippen LogP contribution in [0.4, 0.5) is 5.69 Å². The Morgan fingerprint density at radius 3 is 2.59 bits per heavy atom. The lowest BCUT2D eigenvalue weighted by Crippen LogP contribution is -2.42. The molecule has 22 heavy (non-hydrogen) atoms. The van der Waals surface area contributed by atoms with Crippen LogP contribution in [0.15, 0.2) is 0 Å². The van der Waals surface area contributed by atoms with Gasteiger partial charge in [-0.2, -0.15) is 5.10 Å². The van der Waals surface area contributed by atoms with E-state index in [1.807, 2.05) is 0 Å². The highest BCUT2D eigenvalue weighted by atomic mass is 16.6. The first-order valence-corrected chi connectivity index (χ1v) is 7.01. The summed E-state index contributed by atoms with van der Waals surface area (Å²) in [5.74, 6) is -1.41. The number of rotatable bonds is 7. The molecule has 9 heteroatoms. The molecule has 1 amide bonds. The van der Waals surface area contributed by atoms with E-state index in [9.17, 15) is 19.7 Å². The van der Waals surface area contributed by atoms with E-state index in [1.165, 1.54) is 11.6 Å². The predicted octanol–water partition coefficient (Wildman–Crippen LogP) is 0.778. The average Bonchev–Trinajstić information content (AvgIpc) is 3.19. The van der Waals surface area contributed by atoms with Crippen LogP contribution in [-0.2, 0) is 16.1 Å². The van der Waals surface area contributed by atoms with Crippen LogP contribution in [0.2, 0.25) is 0 Å². The van der Waals surface area contributed by atoms with E-state index < -0.39 is 22.8 Å². The van der Waals surface area contributed by atoms with Crippen molar-refractivity contribution in [3.8, 4) is 0 Å². The molecule has 9 nitrogen and oxygen atoms in total. The van der Waals surface area contributed by atoms with Crippen LogP contribution < -0.4 is 5.32 Å². The number of aryl methyl sites for hydroxylation is 2. The zero-order valence-corrected chi connectivity index (χ0v) is 12.4. The molecule has 1 aromatic heterocycles. The Morgan fingerprint density at radius 2 is 2.14 bits per heavy atom. The van der Waals surface area contributed by atoms with Crippen LogP contribution in [0.1, 0.15) is 30.7 Å². The fourth-order valence-electron chi connectivity index (χ4n) is 2.43. The van der Waals surface area contributed by atoms with Gasteiger partial charge in [0.25, 0.3) is 0 Å². The SMILES string of the molecule is Cc1nn(CCC(=O)NC(C(=O)O)C2CC2)c(C)c1[N+](=O)[O-]. The van der Waals surface area contributed by atoms with Gasteiger partial charge in [0.15, 0.2) is 0 Å². The van der Waals surface area contributed by atoms with Crippen molar-refractivity contribution >= 4 is 17.6 Å². The van der Waals surface area contributed by atoms with Crippen LogP contribution >= 0.6 is 0 Å². The van der Waals surface area contributed by atoms with E-state index in [0.717, 1.165) is 12.8 Å². The molecule has 1 fully saturated rings. The van der Waals surface area contributed by atoms with Gasteiger partial charge in [-0.25, -0.2) is 4.79 Å². The van der Waals surface area contributed by atoms with Crippen LogP contribution in [-0.4, -0.2) is 37.7 Å². The van der Waals surface area contributed by atoms with Gasteiger partial charge in [0, 0.05) is 6.42 Å². The van der Waals surface area contributed by atoms with Crippen molar-refractivity contribution in [3.05, 3.63) is 21.5 Å². The van der Waals surface area contributed by atoms with E-state index in [0.29, 0.717) is 11.4 Å². The van der Waals surface area contributed by atoms with Crippen molar-refractivity contribution in [3.63, 3.8) is 0 Å². The van der Waals surface area contributed by atoms with Gasteiger partial charge in [-0.05, 0) is 32.6 Å². The molecule has 1 saturated carbocycles. The fraction of sp³-hybridized carbons (Fsp3) is 0.615. The van der Waals surface area contributed by atoms with Gasteiger partial charge >= 0.3 is 11.7 Å². The lowest BCUT2D eigenvalue weighted by Gasteiger charge is -2.13. The number of aliphatic carboxylic acids is 1. The number of carbonyl (C=O) groups is 2. The summed E-state index contributed by atoms with van der Waals surface area (Å²) in [6.07, 6.45) is 1.64. The second kappa shape index (κ2) is 6.12. The van der Waals surface area contributed by atoms with Gasteiger partial charge in [0.1, 0.15) is 17.4 Å². The van der Waals surface area contributed by atoms with Crippen molar-refractivity contribution in [2.45, 2.75) is 45.7 Å². The Kier molecular flexibility index (Phi) is 4.43. The first kappa shape index (κ1) is 15.9. The lowest BCUT2D eigenvalue weighted by atomic mass is 10.2. The third kappa shape index (κ3) is 3.41. The fourth-order valence-corrected chi connectivity index (χ4v) is 2.43. The maximum absolute atomic E-state index is 11.9. The Labute approximate surface area is 126 Å². The van der Waals surface area contributed by atoms with E-state index in [1.54, 1.807) is 6.92 Å². The van der Waals surface area contributed by atoms with Crippen LogP contribution in [0.25, 0.3) is 0 Å². The summed E-state index contributed by atoms with van der Waals surface area (Å²) in [5, 5.41) is 26.5. The Balaban J connectivity index is 1.95. The maximum atomic E-state index is 11.9. The second-order valence-electron chi connectivity index (χ2n) is 5.47. The van der Waals surface area contributed by atoms with Gasteiger partial charge in [-0.1, -0.05) is 0 Å². The molecule has 1 unspecified atom stereocenters. The minimum absolute atomic E-state index is 0.0104. The highest BCUT2D eigenvalue weighted by Gasteiger charge is 2.37. The molecule has 0 aromatic carbocycles. The molecular formula is C13H18N4O5. The standard InChI is InChI=1S/C13H18N4O5/c1-7-12(17(21)22)8(2)16(15-7)6-5-10(18)14-11(13(19)20)9-3-4-9/h9,11H,3-6H2,1-2H3,(H,14,18)(H,19,20). The molecule has 1 aromatic rings. The number of hydrogen-bond donors (Lipinski definition) is 2. The van der Waals surface area contributed by atoms with Crippen molar-refractivity contribution in [1.82, 2.24) is 15.1 Å². The smallest absolute Gasteiger partial charge is 0.326 e. The van der Waals surface area contributed by atoms with Gasteiger partial charge in [0.05, 0.1) is 11.5 Å². The zero-order valence-electron chi connectivity index (χ0n) is 12.4. The topological polar surface area (TPSA) is 127 Å². The highest BCUT2D eigenvalue weighted by molar-refractivity contribution is 5.83. The van der Waals surface area contributed by atoms with Gasteiger partial charge in [0.2, 0.25) is 5.91 Å². The summed E-state index contributed by atoms with van der Waals surface area (Å²) < 4.78 is 1.40. The predicted molar refractivity (Wildman–Crippen MR) is 75.3 cm³/mol. The molecule has 1 aliphatic rings. The molecule has 1 aliphatic carbocycles. The molecule has 120 valence electrons. The van der Waals surface area contributed by atoms with E-state index >= 15 is 0 Å². The average molecular weight is 310 g/mol. The molecule has 0 bridgehead atoms. The number of amides is 1. The van der Waals surface area contributed by atoms with E-state index in [-0.39, 0.29) is 24.6 Å². The van der Waals surface area contributed by atoms with Gasteiger partial charge < -0.3 is 10.4 Å². The van der Waals surface area contributed by atoms with Crippen molar-refractivity contribution in [1.29, 1.82) is 0 Å². The molecule has 1 atom stereocenters. The summed E-state index contributed by atoms with van der Waals surface area (Å²) in [6.45, 7) is 3.28. The first-order valence-electron chi connectivity index (χ1n) is 7.01. The summed E-state index contributed by atoms with van der Waals surface area (Å²) in [4.78, 5) is 33.3. The molecule has 0 aliphatic heterocycles. The molecule has 0 spiro atoms. The third-order valence-corrected chi connectivity index (χ3v) is 3.75. The van der Waals surface area contributed by atoms with Crippen LogP contribution in [0, 0.1) is 29.9 Å². The number of carbonyl (C=O) groups excluding carboxylic acids is 1. The quantitative estimate of drug-likeness (QED) is 0.566.